The number of aromatic nitrogens is 4. The Bertz CT molecular complexity index is 1410. The van der Waals surface area contributed by atoms with Crippen LogP contribution in [0.4, 0.5) is 15.9 Å². The first-order valence-corrected chi connectivity index (χ1v) is 11.6. The quantitative estimate of drug-likeness (QED) is 0.236. The summed E-state index contributed by atoms with van der Waals surface area (Å²) in [4.78, 5) is 23.5. The molecule has 1 amide bonds. The van der Waals surface area contributed by atoms with Gasteiger partial charge < -0.3 is 5.32 Å². The number of hydrogen-bond donors (Lipinski definition) is 1. The van der Waals surface area contributed by atoms with Gasteiger partial charge >= 0.3 is 5.69 Å². The second kappa shape index (κ2) is 9.96. The maximum absolute atomic E-state index is 14.1. The maximum atomic E-state index is 14.1. The minimum atomic E-state index is -0.440. The molecule has 0 saturated heterocycles. The number of carbonyl (C=O) groups is 1. The van der Waals surface area contributed by atoms with E-state index in [4.69, 9.17) is 11.6 Å². The number of rotatable bonds is 7. The zero-order chi connectivity index (χ0) is 25.3. The van der Waals surface area contributed by atoms with E-state index < -0.39 is 10.7 Å². The second-order valence-corrected chi connectivity index (χ2v) is 9.07. The van der Waals surface area contributed by atoms with Crippen LogP contribution in [-0.2, 0) is 13.1 Å². The van der Waals surface area contributed by atoms with E-state index in [1.54, 1.807) is 55.1 Å². The Kier molecular flexibility index (Phi) is 6.99. The molecule has 0 spiro atoms. The van der Waals surface area contributed by atoms with Crippen LogP contribution in [0.1, 0.15) is 32.9 Å². The number of benzene rings is 2. The fraction of sp³-hybridized carbons (Fsp3) is 0.174. The molecule has 0 aliphatic heterocycles. The zero-order valence-corrected chi connectivity index (χ0v) is 21.0. The Balaban J connectivity index is 1.45. The SMILES string of the molecule is Cc1nn(Cc2ccc(C(=O)Nc3nn(Cc4c(F)cccc4Cl)cc3Br)cc2)c(C)c1[N+](=O)[O-]. The first-order valence-electron chi connectivity index (χ1n) is 10.4. The van der Waals surface area contributed by atoms with Crippen molar-refractivity contribution >= 4 is 44.9 Å². The fourth-order valence-electron chi connectivity index (χ4n) is 3.63. The van der Waals surface area contributed by atoms with Crippen molar-refractivity contribution in [2.24, 2.45) is 0 Å². The molecular formula is C23H19BrClFN6O3. The summed E-state index contributed by atoms with van der Waals surface area (Å²) >= 11 is 9.45. The third-order valence-electron chi connectivity index (χ3n) is 5.41. The molecule has 2 heterocycles. The van der Waals surface area contributed by atoms with Crippen LogP contribution in [0.2, 0.25) is 5.02 Å². The number of nitrogens with zero attached hydrogens (tertiary/aromatic N) is 5. The number of nitro groups is 1. The number of nitrogens with one attached hydrogen (secondary N) is 1. The molecule has 0 atom stereocenters. The van der Waals surface area contributed by atoms with Crippen molar-refractivity contribution in [1.82, 2.24) is 19.6 Å². The van der Waals surface area contributed by atoms with Gasteiger partial charge in [0.25, 0.3) is 5.91 Å². The summed E-state index contributed by atoms with van der Waals surface area (Å²) in [6, 6.07) is 11.3. The number of amides is 1. The highest BCUT2D eigenvalue weighted by Gasteiger charge is 2.22. The van der Waals surface area contributed by atoms with Crippen LogP contribution >= 0.6 is 27.5 Å². The van der Waals surface area contributed by atoms with Crippen LogP contribution in [0, 0.1) is 29.8 Å². The molecule has 35 heavy (non-hydrogen) atoms. The van der Waals surface area contributed by atoms with Crippen molar-refractivity contribution in [2.45, 2.75) is 26.9 Å². The topological polar surface area (TPSA) is 108 Å². The van der Waals surface area contributed by atoms with Crippen LogP contribution in [0.3, 0.4) is 0 Å². The molecule has 4 rings (SSSR count). The predicted molar refractivity (Wildman–Crippen MR) is 132 cm³/mol. The molecule has 0 aliphatic rings. The summed E-state index contributed by atoms with van der Waals surface area (Å²) in [5.74, 6) is -0.542. The predicted octanol–water partition coefficient (Wildman–Crippen LogP) is 5.51. The van der Waals surface area contributed by atoms with Crippen LogP contribution in [0.15, 0.2) is 53.1 Å². The van der Waals surface area contributed by atoms with Gasteiger partial charge in [0.15, 0.2) is 5.82 Å². The minimum Gasteiger partial charge on any atom is -0.304 e. The molecule has 2 aromatic heterocycles. The van der Waals surface area contributed by atoms with Gasteiger partial charge in [-0.05, 0) is 59.6 Å². The molecule has 2 aromatic carbocycles. The van der Waals surface area contributed by atoms with Gasteiger partial charge in [0.05, 0.1) is 22.5 Å². The van der Waals surface area contributed by atoms with E-state index in [-0.39, 0.29) is 29.0 Å². The molecular weight excluding hydrogens is 543 g/mol. The molecule has 1 N–H and O–H groups in total. The van der Waals surface area contributed by atoms with Crippen molar-refractivity contribution in [3.05, 3.63) is 102 Å². The van der Waals surface area contributed by atoms with E-state index in [0.29, 0.717) is 33.5 Å². The van der Waals surface area contributed by atoms with Crippen LogP contribution < -0.4 is 5.32 Å². The number of anilines is 1. The number of aryl methyl sites for hydroxylation is 1. The molecule has 0 bridgehead atoms. The lowest BCUT2D eigenvalue weighted by atomic mass is 10.1. The van der Waals surface area contributed by atoms with Crippen molar-refractivity contribution in [3.63, 3.8) is 0 Å². The summed E-state index contributed by atoms with van der Waals surface area (Å²) < 4.78 is 17.6. The van der Waals surface area contributed by atoms with Crippen molar-refractivity contribution in [1.29, 1.82) is 0 Å². The van der Waals surface area contributed by atoms with Gasteiger partial charge in [0.2, 0.25) is 0 Å². The van der Waals surface area contributed by atoms with Crippen LogP contribution in [-0.4, -0.2) is 30.4 Å². The Hall–Kier alpha value is -3.57. The van der Waals surface area contributed by atoms with E-state index in [2.05, 4.69) is 31.4 Å². The second-order valence-electron chi connectivity index (χ2n) is 7.81. The molecule has 0 saturated carbocycles. The fourth-order valence-corrected chi connectivity index (χ4v) is 4.27. The highest BCUT2D eigenvalue weighted by atomic mass is 79.9. The van der Waals surface area contributed by atoms with Crippen molar-refractivity contribution in [2.75, 3.05) is 5.32 Å². The number of carbonyl (C=O) groups excluding carboxylic acids is 1. The van der Waals surface area contributed by atoms with E-state index in [1.165, 1.54) is 16.8 Å². The number of hydrogen-bond acceptors (Lipinski definition) is 5. The van der Waals surface area contributed by atoms with Crippen molar-refractivity contribution in [3.8, 4) is 0 Å². The van der Waals surface area contributed by atoms with Crippen molar-refractivity contribution < 1.29 is 14.1 Å². The third kappa shape index (κ3) is 5.25. The summed E-state index contributed by atoms with van der Waals surface area (Å²) in [6.07, 6.45) is 1.62. The summed E-state index contributed by atoms with van der Waals surface area (Å²) in [5.41, 5.74) is 2.34. The van der Waals surface area contributed by atoms with Gasteiger partial charge in [-0.1, -0.05) is 29.8 Å². The number of halogens is 3. The van der Waals surface area contributed by atoms with Gasteiger partial charge in [-0.25, -0.2) is 4.39 Å². The summed E-state index contributed by atoms with van der Waals surface area (Å²) in [5, 5.41) is 22.8. The largest absolute Gasteiger partial charge is 0.312 e. The Morgan fingerprint density at radius 1 is 1.17 bits per heavy atom. The Labute approximate surface area is 212 Å². The molecule has 0 radical (unpaired) electrons. The minimum absolute atomic E-state index is 0.00304. The average molecular weight is 562 g/mol. The first kappa shape index (κ1) is 24.6. The molecule has 12 heteroatoms. The highest BCUT2D eigenvalue weighted by Crippen LogP contribution is 2.25. The highest BCUT2D eigenvalue weighted by molar-refractivity contribution is 9.10. The lowest BCUT2D eigenvalue weighted by molar-refractivity contribution is -0.386. The Morgan fingerprint density at radius 2 is 1.89 bits per heavy atom. The normalized spacial score (nSPS) is 11.0. The van der Waals surface area contributed by atoms with E-state index in [9.17, 15) is 19.3 Å². The molecule has 0 fully saturated rings. The lowest BCUT2D eigenvalue weighted by Gasteiger charge is -2.07. The monoisotopic (exact) mass is 560 g/mol. The molecule has 180 valence electrons. The van der Waals surface area contributed by atoms with Crippen LogP contribution in [0.5, 0.6) is 0 Å². The smallest absolute Gasteiger partial charge is 0.304 e. The molecule has 0 unspecified atom stereocenters. The maximum Gasteiger partial charge on any atom is 0.312 e. The van der Waals surface area contributed by atoms with E-state index >= 15 is 0 Å². The lowest BCUT2D eigenvalue weighted by Crippen LogP contribution is -2.13. The van der Waals surface area contributed by atoms with E-state index in [1.807, 2.05) is 0 Å². The first-order chi connectivity index (χ1) is 16.6. The Morgan fingerprint density at radius 3 is 2.51 bits per heavy atom. The van der Waals surface area contributed by atoms with Gasteiger partial charge in [0, 0.05) is 22.3 Å². The van der Waals surface area contributed by atoms with Gasteiger partial charge in [-0.2, -0.15) is 10.2 Å². The van der Waals surface area contributed by atoms with Gasteiger partial charge in [-0.15, -0.1) is 0 Å². The standard InChI is InChI=1S/C23H19BrClFN6O3/c1-13-21(32(34)35)14(2)31(28-13)10-15-6-8-16(9-7-15)23(33)27-22-18(24)12-30(29-22)11-17-19(25)4-3-5-20(17)26/h3-9,12H,10-11H2,1-2H3,(H,27,29,33). The summed E-state index contributed by atoms with van der Waals surface area (Å²) in [7, 11) is 0. The summed E-state index contributed by atoms with van der Waals surface area (Å²) in [6.45, 7) is 3.67. The van der Waals surface area contributed by atoms with Gasteiger partial charge in [-0.3, -0.25) is 24.3 Å². The molecule has 0 aliphatic carbocycles. The van der Waals surface area contributed by atoms with E-state index in [0.717, 1.165) is 5.56 Å². The van der Waals surface area contributed by atoms with Gasteiger partial charge in [0.1, 0.15) is 17.2 Å². The van der Waals surface area contributed by atoms with Crippen LogP contribution in [0.25, 0.3) is 0 Å². The zero-order valence-electron chi connectivity index (χ0n) is 18.6. The average Bonchev–Trinajstić information content (AvgIpc) is 3.28. The molecule has 4 aromatic rings. The molecule has 9 nitrogen and oxygen atoms in total. The third-order valence-corrected chi connectivity index (χ3v) is 6.34.